The van der Waals surface area contributed by atoms with Crippen molar-refractivity contribution in [3.8, 4) is 0 Å². The Balaban J connectivity index is 1.42. The predicted octanol–water partition coefficient (Wildman–Crippen LogP) is 2.39. The largest absolute Gasteiger partial charge is 0.350 e. The van der Waals surface area contributed by atoms with Crippen LogP contribution < -0.4 is 16.8 Å². The maximum absolute atomic E-state index is 13.5. The average Bonchev–Trinajstić information content (AvgIpc) is 3.01. The number of hydrogen-bond donors (Lipinski definition) is 3. The van der Waals surface area contributed by atoms with Crippen LogP contribution in [0.15, 0.2) is 84.9 Å². The second-order valence-corrected chi connectivity index (χ2v) is 10.2. The van der Waals surface area contributed by atoms with Gasteiger partial charge >= 0.3 is 0 Å². The SMILES string of the molecule is NCc1ccc(CNC(=O)C2CN(C(=O)CCc3ccccc3)CCN2C(=O)C(N)CCc2ccccc2)cc1. The van der Waals surface area contributed by atoms with Gasteiger partial charge in [-0.2, -0.15) is 0 Å². The van der Waals surface area contributed by atoms with Crippen LogP contribution in [0.1, 0.15) is 35.1 Å². The molecule has 0 spiro atoms. The summed E-state index contributed by atoms with van der Waals surface area (Å²) in [4.78, 5) is 43.3. The Bertz CT molecular complexity index is 1250. The third-order valence-corrected chi connectivity index (χ3v) is 7.42. The smallest absolute Gasteiger partial charge is 0.244 e. The monoisotopic (exact) mass is 541 g/mol. The number of carbonyl (C=O) groups excluding carboxylic acids is 3. The second-order valence-electron chi connectivity index (χ2n) is 10.2. The number of benzene rings is 3. The molecule has 0 radical (unpaired) electrons. The molecule has 0 bridgehead atoms. The lowest BCUT2D eigenvalue weighted by molar-refractivity contribution is -0.149. The molecule has 1 aliphatic rings. The van der Waals surface area contributed by atoms with Crippen molar-refractivity contribution in [3.05, 3.63) is 107 Å². The van der Waals surface area contributed by atoms with Crippen molar-refractivity contribution in [1.29, 1.82) is 0 Å². The molecule has 3 amide bonds. The molecule has 1 heterocycles. The molecule has 2 atom stereocenters. The summed E-state index contributed by atoms with van der Waals surface area (Å²) in [7, 11) is 0. The molecule has 210 valence electrons. The van der Waals surface area contributed by atoms with Gasteiger partial charge in [0, 0.05) is 32.6 Å². The van der Waals surface area contributed by atoms with E-state index < -0.39 is 12.1 Å². The molecule has 0 saturated carbocycles. The van der Waals surface area contributed by atoms with E-state index >= 15 is 0 Å². The third-order valence-electron chi connectivity index (χ3n) is 7.42. The molecule has 1 saturated heterocycles. The number of aryl methyl sites for hydroxylation is 2. The summed E-state index contributed by atoms with van der Waals surface area (Å²) in [6.07, 6.45) is 2.11. The van der Waals surface area contributed by atoms with E-state index in [2.05, 4.69) is 5.32 Å². The van der Waals surface area contributed by atoms with Crippen molar-refractivity contribution in [2.75, 3.05) is 19.6 Å². The Labute approximate surface area is 236 Å². The fourth-order valence-electron chi connectivity index (χ4n) is 4.96. The van der Waals surface area contributed by atoms with Crippen molar-refractivity contribution in [3.63, 3.8) is 0 Å². The molecule has 3 aromatic carbocycles. The molecule has 0 aromatic heterocycles. The molecule has 40 heavy (non-hydrogen) atoms. The van der Waals surface area contributed by atoms with Gasteiger partial charge in [-0.3, -0.25) is 14.4 Å². The highest BCUT2D eigenvalue weighted by molar-refractivity contribution is 5.91. The molecular weight excluding hydrogens is 502 g/mol. The summed E-state index contributed by atoms with van der Waals surface area (Å²) in [5.74, 6) is -0.591. The van der Waals surface area contributed by atoms with E-state index in [1.165, 1.54) is 0 Å². The van der Waals surface area contributed by atoms with Crippen LogP contribution in [0, 0.1) is 0 Å². The zero-order valence-electron chi connectivity index (χ0n) is 22.9. The third kappa shape index (κ3) is 8.00. The van der Waals surface area contributed by atoms with Crippen LogP contribution in [0.3, 0.4) is 0 Å². The molecule has 8 heteroatoms. The number of nitrogens with one attached hydrogen (secondary N) is 1. The summed E-state index contributed by atoms with van der Waals surface area (Å²) in [6.45, 7) is 1.53. The summed E-state index contributed by atoms with van der Waals surface area (Å²) in [5, 5.41) is 2.96. The van der Waals surface area contributed by atoms with Crippen LogP contribution >= 0.6 is 0 Å². The molecule has 0 aliphatic carbocycles. The van der Waals surface area contributed by atoms with Crippen molar-refractivity contribution in [2.45, 2.75) is 50.9 Å². The first-order valence-corrected chi connectivity index (χ1v) is 13.9. The van der Waals surface area contributed by atoms with E-state index in [1.54, 1.807) is 9.80 Å². The van der Waals surface area contributed by atoms with Crippen LogP contribution in [-0.4, -0.2) is 59.2 Å². The number of amides is 3. The fraction of sp³-hybridized carbons (Fsp3) is 0.344. The van der Waals surface area contributed by atoms with Gasteiger partial charge in [0.15, 0.2) is 0 Å². The Hall–Kier alpha value is -4.01. The Morgan fingerprint density at radius 3 is 2.02 bits per heavy atom. The average molecular weight is 542 g/mol. The van der Waals surface area contributed by atoms with Gasteiger partial charge < -0.3 is 26.6 Å². The summed E-state index contributed by atoms with van der Waals surface area (Å²) in [5.41, 5.74) is 16.2. The van der Waals surface area contributed by atoms with Gasteiger partial charge in [-0.1, -0.05) is 84.9 Å². The lowest BCUT2D eigenvalue weighted by Gasteiger charge is -2.41. The number of carbonyl (C=O) groups is 3. The summed E-state index contributed by atoms with van der Waals surface area (Å²) in [6, 6.07) is 25.9. The topological polar surface area (TPSA) is 122 Å². The van der Waals surface area contributed by atoms with Gasteiger partial charge in [0.25, 0.3) is 0 Å². The molecule has 5 N–H and O–H groups in total. The number of nitrogens with two attached hydrogens (primary N) is 2. The lowest BCUT2D eigenvalue weighted by atomic mass is 10.0. The molecule has 2 unspecified atom stereocenters. The Kier molecular flexibility index (Phi) is 10.4. The summed E-state index contributed by atoms with van der Waals surface area (Å²) >= 11 is 0. The van der Waals surface area contributed by atoms with E-state index in [0.29, 0.717) is 45.3 Å². The first-order valence-electron chi connectivity index (χ1n) is 13.9. The quantitative estimate of drug-likeness (QED) is 0.344. The first kappa shape index (κ1) is 29.0. The van der Waals surface area contributed by atoms with Gasteiger partial charge in [0.2, 0.25) is 17.7 Å². The molecule has 1 fully saturated rings. The Morgan fingerprint density at radius 2 is 1.40 bits per heavy atom. The highest BCUT2D eigenvalue weighted by Gasteiger charge is 2.38. The van der Waals surface area contributed by atoms with Gasteiger partial charge in [-0.05, 0) is 41.5 Å². The number of rotatable bonds is 11. The fourth-order valence-corrected chi connectivity index (χ4v) is 4.96. The summed E-state index contributed by atoms with van der Waals surface area (Å²) < 4.78 is 0. The standard InChI is InChI=1S/C32H39N5O3/c33-21-26-11-13-27(14-12-26)22-35-31(39)29-23-36(30(38)18-16-25-9-5-2-6-10-25)19-20-37(29)32(40)28(34)17-15-24-7-3-1-4-8-24/h1-14,28-29H,15-23,33-34H2,(H,35,39). The van der Waals surface area contributed by atoms with Crippen molar-refractivity contribution in [2.24, 2.45) is 11.5 Å². The van der Waals surface area contributed by atoms with E-state index in [1.807, 2.05) is 84.9 Å². The molecule has 4 rings (SSSR count). The normalized spacial score (nSPS) is 15.9. The first-order chi connectivity index (χ1) is 19.4. The number of nitrogens with zero attached hydrogens (tertiary/aromatic N) is 2. The van der Waals surface area contributed by atoms with Crippen LogP contribution in [-0.2, 0) is 40.3 Å². The van der Waals surface area contributed by atoms with Crippen LogP contribution in [0.25, 0.3) is 0 Å². The van der Waals surface area contributed by atoms with E-state index in [-0.39, 0.29) is 30.8 Å². The maximum atomic E-state index is 13.5. The molecule has 8 nitrogen and oxygen atoms in total. The predicted molar refractivity (Wildman–Crippen MR) is 156 cm³/mol. The zero-order valence-corrected chi connectivity index (χ0v) is 22.9. The van der Waals surface area contributed by atoms with Crippen molar-refractivity contribution >= 4 is 17.7 Å². The van der Waals surface area contributed by atoms with Crippen molar-refractivity contribution < 1.29 is 14.4 Å². The van der Waals surface area contributed by atoms with E-state index in [9.17, 15) is 14.4 Å². The van der Waals surface area contributed by atoms with Crippen LogP contribution in [0.4, 0.5) is 0 Å². The van der Waals surface area contributed by atoms with Gasteiger partial charge in [-0.25, -0.2) is 0 Å². The van der Waals surface area contributed by atoms with E-state index in [0.717, 1.165) is 22.3 Å². The van der Waals surface area contributed by atoms with Gasteiger partial charge in [0.05, 0.1) is 12.6 Å². The highest BCUT2D eigenvalue weighted by atomic mass is 16.2. The van der Waals surface area contributed by atoms with Crippen LogP contribution in [0.5, 0.6) is 0 Å². The minimum Gasteiger partial charge on any atom is -0.350 e. The van der Waals surface area contributed by atoms with E-state index in [4.69, 9.17) is 11.5 Å². The Morgan fingerprint density at radius 1 is 0.800 bits per heavy atom. The van der Waals surface area contributed by atoms with Crippen LogP contribution in [0.2, 0.25) is 0 Å². The van der Waals surface area contributed by atoms with Gasteiger partial charge in [0.1, 0.15) is 6.04 Å². The minimum atomic E-state index is -0.812. The maximum Gasteiger partial charge on any atom is 0.244 e. The zero-order chi connectivity index (χ0) is 28.3. The number of piperazine rings is 1. The molecule has 3 aromatic rings. The highest BCUT2D eigenvalue weighted by Crippen LogP contribution is 2.16. The van der Waals surface area contributed by atoms with Gasteiger partial charge in [-0.15, -0.1) is 0 Å². The molecular formula is C32H39N5O3. The second kappa shape index (κ2) is 14.4. The molecule has 1 aliphatic heterocycles. The minimum absolute atomic E-state index is 0.0282. The number of hydrogen-bond acceptors (Lipinski definition) is 5. The van der Waals surface area contributed by atoms with Crippen molar-refractivity contribution in [1.82, 2.24) is 15.1 Å². The lowest BCUT2D eigenvalue weighted by Crippen LogP contribution is -2.63.